The van der Waals surface area contributed by atoms with Gasteiger partial charge in [0.05, 0.1) is 6.26 Å². The van der Waals surface area contributed by atoms with Gasteiger partial charge in [-0.05, 0) is 22.0 Å². The van der Waals surface area contributed by atoms with E-state index in [0.717, 1.165) is 5.56 Å². The lowest BCUT2D eigenvalue weighted by atomic mass is 9.88. The molecule has 2 nitrogen and oxygen atoms in total. The lowest BCUT2D eigenvalue weighted by molar-refractivity contribution is -0.0930. The molecular weight excluding hydrogens is 256 g/mol. The zero-order valence-corrected chi connectivity index (χ0v) is 8.98. The van der Waals surface area contributed by atoms with E-state index < -0.39 is 5.92 Å². The normalized spacial score (nSPS) is 20.8. The first-order valence-electron chi connectivity index (χ1n) is 4.39. The molecule has 1 aromatic rings. The summed E-state index contributed by atoms with van der Waals surface area (Å²) in [6.45, 7) is 0.579. The van der Waals surface area contributed by atoms with Crippen LogP contribution in [0.3, 0.4) is 0 Å². The van der Waals surface area contributed by atoms with Crippen molar-refractivity contribution >= 4 is 15.9 Å². The van der Waals surface area contributed by atoms with Gasteiger partial charge in [-0.1, -0.05) is 0 Å². The van der Waals surface area contributed by atoms with E-state index in [1.165, 1.54) is 0 Å². The van der Waals surface area contributed by atoms with Crippen molar-refractivity contribution in [1.29, 1.82) is 0 Å². The fourth-order valence-corrected chi connectivity index (χ4v) is 1.89. The minimum absolute atomic E-state index is 0.0496. The highest BCUT2D eigenvalue weighted by atomic mass is 79.9. The topological polar surface area (TPSA) is 25.2 Å². The van der Waals surface area contributed by atoms with Gasteiger partial charge >= 0.3 is 0 Å². The number of halogens is 3. The number of hydrogen-bond donors (Lipinski definition) is 1. The molecule has 0 saturated heterocycles. The molecular formula is C9H10BrF2NO. The lowest BCUT2D eigenvalue weighted by Crippen LogP contribution is -2.48. The van der Waals surface area contributed by atoms with Crippen LogP contribution in [0.5, 0.6) is 0 Å². The summed E-state index contributed by atoms with van der Waals surface area (Å²) in [5.41, 5.74) is 0.965. The van der Waals surface area contributed by atoms with Crippen LogP contribution < -0.4 is 5.32 Å². The van der Waals surface area contributed by atoms with Crippen LogP contribution >= 0.6 is 15.9 Å². The van der Waals surface area contributed by atoms with Crippen molar-refractivity contribution in [2.24, 2.45) is 0 Å². The highest BCUT2D eigenvalue weighted by molar-refractivity contribution is 9.10. The van der Waals surface area contributed by atoms with Crippen LogP contribution in [0, 0.1) is 0 Å². The molecule has 1 aliphatic rings. The Bertz CT molecular complexity index is 318. The van der Waals surface area contributed by atoms with Crippen LogP contribution in [0.4, 0.5) is 8.78 Å². The van der Waals surface area contributed by atoms with Gasteiger partial charge in [0.2, 0.25) is 0 Å². The first kappa shape index (κ1) is 10.1. The Morgan fingerprint density at radius 3 is 2.79 bits per heavy atom. The van der Waals surface area contributed by atoms with Crippen molar-refractivity contribution < 1.29 is 13.2 Å². The minimum atomic E-state index is -2.45. The van der Waals surface area contributed by atoms with Crippen LogP contribution in [0.25, 0.3) is 0 Å². The molecule has 1 aromatic heterocycles. The Kier molecular flexibility index (Phi) is 2.62. The van der Waals surface area contributed by atoms with Crippen molar-refractivity contribution in [3.8, 4) is 0 Å². The van der Waals surface area contributed by atoms with E-state index in [-0.39, 0.29) is 18.9 Å². The molecule has 1 saturated carbocycles. The second kappa shape index (κ2) is 3.62. The fourth-order valence-electron chi connectivity index (χ4n) is 1.51. The third-order valence-electron chi connectivity index (χ3n) is 2.31. The number of hydrogen-bond acceptors (Lipinski definition) is 2. The minimum Gasteiger partial charge on any atom is -0.457 e. The van der Waals surface area contributed by atoms with Gasteiger partial charge in [0, 0.05) is 31.0 Å². The maximum Gasteiger partial charge on any atom is 0.251 e. The van der Waals surface area contributed by atoms with Crippen molar-refractivity contribution in [3.63, 3.8) is 0 Å². The van der Waals surface area contributed by atoms with E-state index in [0.29, 0.717) is 11.2 Å². The Labute approximate surface area is 88.8 Å². The average Bonchev–Trinajstić information content (AvgIpc) is 2.44. The third kappa shape index (κ3) is 2.33. The smallest absolute Gasteiger partial charge is 0.251 e. The lowest BCUT2D eigenvalue weighted by Gasteiger charge is -2.35. The van der Waals surface area contributed by atoms with Crippen LogP contribution in [0.2, 0.25) is 0 Å². The molecule has 0 atom stereocenters. The van der Waals surface area contributed by atoms with Crippen molar-refractivity contribution in [1.82, 2.24) is 5.32 Å². The standard InChI is InChI=1S/C9H10BrF2NO/c10-8-1-6(5-14-8)4-13-7-2-9(11,12)3-7/h1,5,7,13H,2-4H2. The summed E-state index contributed by atoms with van der Waals surface area (Å²) in [5.74, 6) is -2.45. The molecule has 0 aliphatic heterocycles. The number of rotatable bonds is 3. The van der Waals surface area contributed by atoms with Gasteiger partial charge in [-0.15, -0.1) is 0 Å². The summed E-state index contributed by atoms with van der Waals surface area (Å²) in [6.07, 6.45) is 1.51. The second-order valence-corrected chi connectivity index (χ2v) is 4.38. The molecule has 5 heteroatoms. The Morgan fingerprint density at radius 2 is 2.29 bits per heavy atom. The predicted octanol–water partition coefficient (Wildman–Crippen LogP) is 2.93. The molecule has 1 fully saturated rings. The zero-order chi connectivity index (χ0) is 10.2. The zero-order valence-electron chi connectivity index (χ0n) is 7.40. The largest absolute Gasteiger partial charge is 0.457 e. The predicted molar refractivity (Wildman–Crippen MR) is 51.2 cm³/mol. The maximum atomic E-state index is 12.5. The van der Waals surface area contributed by atoms with Crippen LogP contribution in [-0.4, -0.2) is 12.0 Å². The first-order valence-corrected chi connectivity index (χ1v) is 5.19. The number of alkyl halides is 2. The molecule has 0 bridgehead atoms. The van der Waals surface area contributed by atoms with Crippen molar-refractivity contribution in [2.75, 3.05) is 0 Å². The van der Waals surface area contributed by atoms with Crippen LogP contribution in [0.1, 0.15) is 18.4 Å². The highest BCUT2D eigenvalue weighted by Crippen LogP contribution is 2.37. The maximum absolute atomic E-state index is 12.5. The monoisotopic (exact) mass is 265 g/mol. The van der Waals surface area contributed by atoms with E-state index in [1.807, 2.05) is 6.07 Å². The quantitative estimate of drug-likeness (QED) is 0.909. The molecule has 0 unspecified atom stereocenters. The SMILES string of the molecule is FC1(F)CC(NCc2coc(Br)c2)C1. The van der Waals surface area contributed by atoms with Gasteiger partial charge in [-0.2, -0.15) is 0 Å². The van der Waals surface area contributed by atoms with Gasteiger partial charge in [0.1, 0.15) is 0 Å². The summed E-state index contributed by atoms with van der Waals surface area (Å²) in [7, 11) is 0. The summed E-state index contributed by atoms with van der Waals surface area (Å²) in [6, 6.07) is 1.77. The van der Waals surface area contributed by atoms with Gasteiger partial charge in [0.25, 0.3) is 5.92 Å². The van der Waals surface area contributed by atoms with Gasteiger partial charge in [-0.25, -0.2) is 8.78 Å². The number of nitrogens with one attached hydrogen (secondary N) is 1. The Balaban J connectivity index is 1.74. The van der Waals surface area contributed by atoms with E-state index in [9.17, 15) is 8.78 Å². The molecule has 78 valence electrons. The van der Waals surface area contributed by atoms with E-state index in [1.54, 1.807) is 6.26 Å². The average molecular weight is 266 g/mol. The van der Waals surface area contributed by atoms with E-state index in [2.05, 4.69) is 21.2 Å². The molecule has 14 heavy (non-hydrogen) atoms. The van der Waals surface area contributed by atoms with E-state index in [4.69, 9.17) is 4.42 Å². The Morgan fingerprint density at radius 1 is 1.57 bits per heavy atom. The molecule has 0 radical (unpaired) electrons. The highest BCUT2D eigenvalue weighted by Gasteiger charge is 2.44. The first-order chi connectivity index (χ1) is 6.55. The molecule has 0 aromatic carbocycles. The summed E-state index contributed by atoms with van der Waals surface area (Å²) < 4.78 is 30.6. The third-order valence-corrected chi connectivity index (χ3v) is 2.72. The van der Waals surface area contributed by atoms with Crippen LogP contribution in [-0.2, 0) is 6.54 Å². The van der Waals surface area contributed by atoms with Crippen molar-refractivity contribution in [2.45, 2.75) is 31.4 Å². The summed E-state index contributed by atoms with van der Waals surface area (Å²) in [4.78, 5) is 0. The number of furan rings is 1. The van der Waals surface area contributed by atoms with E-state index >= 15 is 0 Å². The molecule has 1 heterocycles. The molecule has 1 aliphatic carbocycles. The van der Waals surface area contributed by atoms with Gasteiger partial charge < -0.3 is 9.73 Å². The second-order valence-electron chi connectivity index (χ2n) is 3.60. The fraction of sp³-hybridized carbons (Fsp3) is 0.556. The molecule has 0 amide bonds. The van der Waals surface area contributed by atoms with Gasteiger partial charge in [-0.3, -0.25) is 0 Å². The summed E-state index contributed by atoms with van der Waals surface area (Å²) >= 11 is 3.17. The summed E-state index contributed by atoms with van der Waals surface area (Å²) in [5, 5.41) is 3.04. The van der Waals surface area contributed by atoms with Crippen LogP contribution in [0.15, 0.2) is 21.4 Å². The van der Waals surface area contributed by atoms with Crippen molar-refractivity contribution in [3.05, 3.63) is 22.6 Å². The molecule has 0 spiro atoms. The van der Waals surface area contributed by atoms with Gasteiger partial charge in [0.15, 0.2) is 4.67 Å². The Hall–Kier alpha value is -0.420. The molecule has 2 rings (SSSR count). The molecule has 1 N–H and O–H groups in total.